The molecule has 5 rings (SSSR count). The summed E-state index contributed by atoms with van der Waals surface area (Å²) in [7, 11) is 0. The minimum atomic E-state index is -0.356. The third-order valence-corrected chi connectivity index (χ3v) is 8.31. The first kappa shape index (κ1) is 23.2. The normalized spacial score (nSPS) is 21.5. The number of aryl methyl sites for hydroxylation is 2. The summed E-state index contributed by atoms with van der Waals surface area (Å²) >= 11 is 6.35. The molecule has 3 aliphatic rings. The van der Waals surface area contributed by atoms with Crippen molar-refractivity contribution in [2.75, 3.05) is 26.2 Å². The van der Waals surface area contributed by atoms with Crippen LogP contribution in [0, 0.1) is 11.8 Å². The van der Waals surface area contributed by atoms with Gasteiger partial charge >= 0.3 is 6.03 Å². The topological polar surface area (TPSA) is 79.5 Å². The monoisotopic (exact) mass is 480 g/mol. The Balaban J connectivity index is 1.26. The van der Waals surface area contributed by atoms with E-state index in [0.717, 1.165) is 56.6 Å². The molecular weight excluding hydrogens is 448 g/mol. The van der Waals surface area contributed by atoms with Gasteiger partial charge in [-0.05, 0) is 85.3 Å². The highest BCUT2D eigenvalue weighted by Crippen LogP contribution is 2.42. The second kappa shape index (κ2) is 9.95. The largest absolute Gasteiger partial charge is 0.351 e. The Morgan fingerprint density at radius 3 is 2.41 bits per heavy atom. The molecule has 0 saturated carbocycles. The highest BCUT2D eigenvalue weighted by Gasteiger charge is 2.35. The number of amides is 3. The van der Waals surface area contributed by atoms with Gasteiger partial charge in [-0.15, -0.1) is 0 Å². The molecule has 1 aromatic heterocycles. The molecule has 3 amide bonds. The fraction of sp³-hybridized carbons (Fsp3) is 0.519. The van der Waals surface area contributed by atoms with Crippen LogP contribution in [0.5, 0.6) is 0 Å². The average molecular weight is 481 g/mol. The molecule has 2 aromatic rings. The molecule has 34 heavy (non-hydrogen) atoms. The summed E-state index contributed by atoms with van der Waals surface area (Å²) < 4.78 is 0. The highest BCUT2D eigenvalue weighted by molar-refractivity contribution is 6.30. The van der Waals surface area contributed by atoms with Crippen LogP contribution >= 0.6 is 11.6 Å². The quantitative estimate of drug-likeness (QED) is 0.707. The standard InChI is InChI=1S/C27H33ClN4O2/c28-22-5-6-23-21(17-22)4-3-20-2-1-11-30-26(20)25(23)19-9-14-31(15-10-19)24(33)16-18-7-12-32(13-8-18)27(29)34/h1-2,5-6,11,17-19,25H,3-4,7-10,12-16H2,(H2,29,34). The lowest BCUT2D eigenvalue weighted by molar-refractivity contribution is -0.134. The van der Waals surface area contributed by atoms with Crippen LogP contribution in [0.15, 0.2) is 36.5 Å². The van der Waals surface area contributed by atoms with E-state index < -0.39 is 0 Å². The number of nitrogens with two attached hydrogens (primary N) is 1. The van der Waals surface area contributed by atoms with Gasteiger partial charge in [-0.3, -0.25) is 9.78 Å². The van der Waals surface area contributed by atoms with Crippen LogP contribution in [0.4, 0.5) is 4.79 Å². The Bertz CT molecular complexity index is 1060. The molecule has 2 saturated heterocycles. The summed E-state index contributed by atoms with van der Waals surface area (Å²) in [5, 5.41) is 0.790. The van der Waals surface area contributed by atoms with Gasteiger partial charge in [0.05, 0.1) is 5.69 Å². The van der Waals surface area contributed by atoms with Gasteiger partial charge in [-0.2, -0.15) is 0 Å². The maximum atomic E-state index is 13.0. The number of piperidine rings is 2. The van der Waals surface area contributed by atoms with Gasteiger partial charge in [0.25, 0.3) is 0 Å². The average Bonchev–Trinajstić information content (AvgIpc) is 3.01. The number of likely N-dealkylation sites (tertiary alicyclic amines) is 2. The number of aromatic nitrogens is 1. The van der Waals surface area contributed by atoms with Crippen molar-refractivity contribution in [3.8, 4) is 0 Å². The number of fused-ring (bicyclic) bond motifs is 2. The van der Waals surface area contributed by atoms with Crippen LogP contribution in [-0.4, -0.2) is 52.9 Å². The smallest absolute Gasteiger partial charge is 0.314 e. The number of rotatable bonds is 3. The van der Waals surface area contributed by atoms with E-state index in [1.807, 2.05) is 18.3 Å². The molecule has 0 spiro atoms. The second-order valence-electron chi connectivity index (χ2n) is 10.1. The molecule has 2 N–H and O–H groups in total. The van der Waals surface area contributed by atoms with Gasteiger partial charge in [0.15, 0.2) is 0 Å². The Hall–Kier alpha value is -2.60. The maximum Gasteiger partial charge on any atom is 0.314 e. The molecule has 1 aliphatic carbocycles. The van der Waals surface area contributed by atoms with E-state index >= 15 is 0 Å². The predicted octanol–water partition coefficient (Wildman–Crippen LogP) is 4.38. The minimum absolute atomic E-state index is 0.251. The molecule has 1 atom stereocenters. The van der Waals surface area contributed by atoms with E-state index in [4.69, 9.17) is 22.3 Å². The minimum Gasteiger partial charge on any atom is -0.351 e. The summed E-state index contributed by atoms with van der Waals surface area (Å²) in [6.07, 6.45) is 8.13. The number of halogens is 1. The van der Waals surface area contributed by atoms with Crippen molar-refractivity contribution in [1.29, 1.82) is 0 Å². The fourth-order valence-corrected chi connectivity index (χ4v) is 6.34. The van der Waals surface area contributed by atoms with Crippen LogP contribution in [0.1, 0.15) is 60.4 Å². The highest BCUT2D eigenvalue weighted by atomic mass is 35.5. The van der Waals surface area contributed by atoms with E-state index in [1.165, 1.54) is 22.4 Å². The zero-order valence-corrected chi connectivity index (χ0v) is 20.3. The summed E-state index contributed by atoms with van der Waals surface area (Å²) in [4.78, 5) is 33.0. The number of hydrogen-bond acceptors (Lipinski definition) is 3. The van der Waals surface area contributed by atoms with Gasteiger partial charge in [0, 0.05) is 49.7 Å². The van der Waals surface area contributed by atoms with Crippen LogP contribution in [0.3, 0.4) is 0 Å². The van der Waals surface area contributed by atoms with E-state index in [9.17, 15) is 9.59 Å². The molecule has 180 valence electrons. The first-order valence-electron chi connectivity index (χ1n) is 12.5. The first-order valence-corrected chi connectivity index (χ1v) is 12.9. The Morgan fingerprint density at radius 2 is 1.68 bits per heavy atom. The van der Waals surface area contributed by atoms with E-state index in [-0.39, 0.29) is 17.9 Å². The molecule has 7 heteroatoms. The van der Waals surface area contributed by atoms with Crippen molar-refractivity contribution in [2.45, 2.75) is 50.9 Å². The van der Waals surface area contributed by atoms with Crippen molar-refractivity contribution in [1.82, 2.24) is 14.8 Å². The van der Waals surface area contributed by atoms with Crippen LogP contribution < -0.4 is 5.73 Å². The van der Waals surface area contributed by atoms with Crippen LogP contribution in [0.25, 0.3) is 0 Å². The lowest BCUT2D eigenvalue weighted by atomic mass is 9.76. The van der Waals surface area contributed by atoms with Crippen molar-refractivity contribution >= 4 is 23.5 Å². The van der Waals surface area contributed by atoms with E-state index in [2.05, 4.69) is 23.1 Å². The number of primary amides is 1. The lowest BCUT2D eigenvalue weighted by Crippen LogP contribution is -2.44. The molecule has 3 heterocycles. The zero-order chi connectivity index (χ0) is 23.7. The molecule has 1 unspecified atom stereocenters. The Kier molecular flexibility index (Phi) is 6.77. The molecule has 1 aromatic carbocycles. The number of carbonyl (C=O) groups excluding carboxylic acids is 2. The van der Waals surface area contributed by atoms with Crippen molar-refractivity contribution < 1.29 is 9.59 Å². The van der Waals surface area contributed by atoms with E-state index in [0.29, 0.717) is 31.3 Å². The van der Waals surface area contributed by atoms with Gasteiger partial charge in [0.1, 0.15) is 0 Å². The van der Waals surface area contributed by atoms with Crippen LogP contribution in [0.2, 0.25) is 5.02 Å². The number of urea groups is 1. The number of pyridine rings is 1. The SMILES string of the molecule is NC(=O)N1CCC(CC(=O)N2CCC(C3c4ccc(Cl)cc4CCc4cccnc43)CC2)CC1. The molecule has 0 bridgehead atoms. The van der Waals surface area contributed by atoms with Crippen molar-refractivity contribution in [2.24, 2.45) is 17.6 Å². The predicted molar refractivity (Wildman–Crippen MR) is 133 cm³/mol. The maximum absolute atomic E-state index is 13.0. The molecule has 0 radical (unpaired) electrons. The third-order valence-electron chi connectivity index (χ3n) is 8.08. The molecule has 6 nitrogen and oxygen atoms in total. The van der Waals surface area contributed by atoms with Crippen LogP contribution in [-0.2, 0) is 17.6 Å². The Morgan fingerprint density at radius 1 is 0.971 bits per heavy atom. The van der Waals surface area contributed by atoms with Gasteiger partial charge in [0.2, 0.25) is 5.91 Å². The lowest BCUT2D eigenvalue weighted by Gasteiger charge is -2.38. The molecule has 2 fully saturated rings. The fourth-order valence-electron chi connectivity index (χ4n) is 6.15. The first-order chi connectivity index (χ1) is 16.5. The summed E-state index contributed by atoms with van der Waals surface area (Å²) in [5.74, 6) is 1.30. The van der Waals surface area contributed by atoms with Crippen molar-refractivity contribution in [3.63, 3.8) is 0 Å². The van der Waals surface area contributed by atoms with Gasteiger partial charge in [-0.1, -0.05) is 23.7 Å². The third kappa shape index (κ3) is 4.78. The van der Waals surface area contributed by atoms with E-state index in [1.54, 1.807) is 4.90 Å². The molecular formula is C27H33ClN4O2. The number of nitrogens with zero attached hydrogens (tertiary/aromatic N) is 3. The summed E-state index contributed by atoms with van der Waals surface area (Å²) in [5.41, 5.74) is 10.6. The second-order valence-corrected chi connectivity index (χ2v) is 10.5. The number of carbonyl (C=O) groups is 2. The van der Waals surface area contributed by atoms with Gasteiger partial charge < -0.3 is 15.5 Å². The number of hydrogen-bond donors (Lipinski definition) is 1. The van der Waals surface area contributed by atoms with Crippen molar-refractivity contribution in [3.05, 3.63) is 63.9 Å². The number of benzene rings is 1. The molecule has 2 aliphatic heterocycles. The van der Waals surface area contributed by atoms with Gasteiger partial charge in [-0.25, -0.2) is 4.79 Å². The zero-order valence-electron chi connectivity index (χ0n) is 19.6. The summed E-state index contributed by atoms with van der Waals surface area (Å²) in [6, 6.07) is 10.2. The summed E-state index contributed by atoms with van der Waals surface area (Å²) in [6.45, 7) is 2.91. The Labute approximate surface area is 206 Å².